The Balaban J connectivity index is 0.000000217. The first-order valence-corrected chi connectivity index (χ1v) is 4.37. The zero-order valence-corrected chi connectivity index (χ0v) is 8.81. The number of thiol groups is 1. The average Bonchev–Trinajstić information content (AvgIpc) is 1.85. The van der Waals surface area contributed by atoms with Crippen molar-refractivity contribution >= 4 is 18.3 Å². The van der Waals surface area contributed by atoms with Crippen molar-refractivity contribution in [2.24, 2.45) is 0 Å². The van der Waals surface area contributed by atoms with Crippen LogP contribution in [0.2, 0.25) is 0 Å². The minimum atomic E-state index is 0.194. The molecule has 0 aliphatic heterocycles. The van der Waals surface area contributed by atoms with Gasteiger partial charge in [-0.2, -0.15) is 12.6 Å². The standard InChI is InChI=1S/C6H7N.C4H10S/c7-6-4-2-1-3-5-6;1-4(2,3)5/h1-5H,7H2;5H,1-3H3. The second-order valence-corrected chi connectivity index (χ2v) is 4.92. The Morgan fingerprint density at radius 2 is 1.42 bits per heavy atom. The van der Waals surface area contributed by atoms with Gasteiger partial charge < -0.3 is 5.73 Å². The molecule has 0 saturated heterocycles. The van der Waals surface area contributed by atoms with Gasteiger partial charge in [-0.1, -0.05) is 39.0 Å². The molecule has 0 atom stereocenters. The van der Waals surface area contributed by atoms with Gasteiger partial charge >= 0.3 is 0 Å². The molecule has 12 heavy (non-hydrogen) atoms. The fourth-order valence-electron chi connectivity index (χ4n) is 0.453. The summed E-state index contributed by atoms with van der Waals surface area (Å²) in [5.74, 6) is 0. The van der Waals surface area contributed by atoms with Crippen LogP contribution in [0.4, 0.5) is 5.69 Å². The molecule has 0 spiro atoms. The highest BCUT2D eigenvalue weighted by Gasteiger charge is 1.96. The Morgan fingerprint density at radius 1 is 1.08 bits per heavy atom. The van der Waals surface area contributed by atoms with Gasteiger partial charge in [0, 0.05) is 10.4 Å². The molecule has 0 aliphatic rings. The number of nitrogen functional groups attached to an aromatic ring is 1. The first-order valence-electron chi connectivity index (χ1n) is 3.92. The summed E-state index contributed by atoms with van der Waals surface area (Å²) in [6.45, 7) is 6.16. The largest absolute Gasteiger partial charge is 0.399 e. The highest BCUT2D eigenvalue weighted by molar-refractivity contribution is 7.81. The monoisotopic (exact) mass is 183 g/mol. The Morgan fingerprint density at radius 3 is 1.58 bits per heavy atom. The number of nitrogens with two attached hydrogens (primary N) is 1. The van der Waals surface area contributed by atoms with E-state index in [2.05, 4.69) is 33.4 Å². The second kappa shape index (κ2) is 5.09. The van der Waals surface area contributed by atoms with Crippen LogP contribution < -0.4 is 5.73 Å². The number of hydrogen-bond donors (Lipinski definition) is 2. The maximum absolute atomic E-state index is 5.36. The molecule has 0 fully saturated rings. The van der Waals surface area contributed by atoms with Crippen LogP contribution in [-0.2, 0) is 0 Å². The van der Waals surface area contributed by atoms with Gasteiger partial charge in [-0.05, 0) is 12.1 Å². The van der Waals surface area contributed by atoms with Crippen molar-refractivity contribution in [2.75, 3.05) is 5.73 Å². The van der Waals surface area contributed by atoms with E-state index in [-0.39, 0.29) is 4.75 Å². The minimum Gasteiger partial charge on any atom is -0.399 e. The molecule has 2 N–H and O–H groups in total. The van der Waals surface area contributed by atoms with Crippen molar-refractivity contribution < 1.29 is 0 Å². The van der Waals surface area contributed by atoms with E-state index < -0.39 is 0 Å². The molecule has 68 valence electrons. The van der Waals surface area contributed by atoms with Gasteiger partial charge in [0.05, 0.1) is 0 Å². The Kier molecular flexibility index (Phi) is 4.83. The molecule has 0 saturated carbocycles. The lowest BCUT2D eigenvalue weighted by atomic mass is 10.3. The number of anilines is 1. The van der Waals surface area contributed by atoms with Crippen LogP contribution in [0, 0.1) is 0 Å². The Hall–Kier alpha value is -0.630. The van der Waals surface area contributed by atoms with Gasteiger partial charge in [0.15, 0.2) is 0 Å². The summed E-state index contributed by atoms with van der Waals surface area (Å²) >= 11 is 4.12. The molecule has 0 radical (unpaired) electrons. The van der Waals surface area contributed by atoms with E-state index in [1.54, 1.807) is 0 Å². The lowest BCUT2D eigenvalue weighted by Gasteiger charge is -2.04. The molecular formula is C10H17NS. The van der Waals surface area contributed by atoms with Crippen LogP contribution in [-0.4, -0.2) is 4.75 Å². The quantitative estimate of drug-likeness (QED) is 0.469. The van der Waals surface area contributed by atoms with Crippen LogP contribution in [0.25, 0.3) is 0 Å². The molecular weight excluding hydrogens is 166 g/mol. The maximum Gasteiger partial charge on any atom is 0.0313 e. The predicted octanol–water partition coefficient (Wildman–Crippen LogP) is 2.98. The highest BCUT2D eigenvalue weighted by atomic mass is 32.1. The Bertz CT molecular complexity index is 195. The molecule has 0 heterocycles. The van der Waals surface area contributed by atoms with Crippen molar-refractivity contribution in [3.63, 3.8) is 0 Å². The summed E-state index contributed by atoms with van der Waals surface area (Å²) in [4.78, 5) is 0. The normalized spacial score (nSPS) is 10.0. The van der Waals surface area contributed by atoms with Crippen LogP contribution >= 0.6 is 12.6 Å². The summed E-state index contributed by atoms with van der Waals surface area (Å²) < 4.78 is 0.194. The zero-order chi connectivity index (χ0) is 9.61. The van der Waals surface area contributed by atoms with E-state index in [4.69, 9.17) is 5.73 Å². The smallest absolute Gasteiger partial charge is 0.0313 e. The third-order valence-corrected chi connectivity index (χ3v) is 0.800. The van der Waals surface area contributed by atoms with Gasteiger partial charge in [-0.15, -0.1) is 0 Å². The summed E-state index contributed by atoms with van der Waals surface area (Å²) in [6.07, 6.45) is 0. The number of para-hydroxylation sites is 1. The number of benzene rings is 1. The van der Waals surface area contributed by atoms with E-state index >= 15 is 0 Å². The Labute approximate surface area is 80.4 Å². The van der Waals surface area contributed by atoms with Crippen molar-refractivity contribution in [3.05, 3.63) is 30.3 Å². The van der Waals surface area contributed by atoms with Gasteiger partial charge in [0.25, 0.3) is 0 Å². The minimum absolute atomic E-state index is 0.194. The first kappa shape index (κ1) is 11.4. The number of hydrogen-bond acceptors (Lipinski definition) is 2. The van der Waals surface area contributed by atoms with E-state index in [1.165, 1.54) is 0 Å². The molecule has 0 unspecified atom stereocenters. The molecule has 0 aliphatic carbocycles. The molecule has 1 aromatic carbocycles. The van der Waals surface area contributed by atoms with Crippen LogP contribution in [0.15, 0.2) is 30.3 Å². The molecule has 1 aromatic rings. The lowest BCUT2D eigenvalue weighted by Crippen LogP contribution is -1.99. The molecule has 1 rings (SSSR count). The van der Waals surface area contributed by atoms with E-state index in [1.807, 2.05) is 30.3 Å². The SMILES string of the molecule is CC(C)(C)S.Nc1ccccc1. The molecule has 0 aromatic heterocycles. The topological polar surface area (TPSA) is 26.0 Å². The van der Waals surface area contributed by atoms with Crippen molar-refractivity contribution in [3.8, 4) is 0 Å². The van der Waals surface area contributed by atoms with Crippen molar-refractivity contribution in [1.82, 2.24) is 0 Å². The molecule has 0 amide bonds. The number of rotatable bonds is 0. The first-order chi connectivity index (χ1) is 5.39. The third kappa shape index (κ3) is 12.1. The van der Waals surface area contributed by atoms with Crippen LogP contribution in [0.3, 0.4) is 0 Å². The fraction of sp³-hybridized carbons (Fsp3) is 0.400. The second-order valence-electron chi connectivity index (χ2n) is 3.58. The summed E-state index contributed by atoms with van der Waals surface area (Å²) in [5.41, 5.74) is 6.18. The van der Waals surface area contributed by atoms with Crippen LogP contribution in [0.1, 0.15) is 20.8 Å². The van der Waals surface area contributed by atoms with Crippen LogP contribution in [0.5, 0.6) is 0 Å². The third-order valence-electron chi connectivity index (χ3n) is 0.800. The predicted molar refractivity (Wildman–Crippen MR) is 59.6 cm³/mol. The molecule has 1 nitrogen and oxygen atoms in total. The summed E-state index contributed by atoms with van der Waals surface area (Å²) in [7, 11) is 0. The van der Waals surface area contributed by atoms with Crippen molar-refractivity contribution in [2.45, 2.75) is 25.5 Å². The fourth-order valence-corrected chi connectivity index (χ4v) is 0.453. The molecule has 2 heteroatoms. The highest BCUT2D eigenvalue weighted by Crippen LogP contribution is 2.07. The van der Waals surface area contributed by atoms with Gasteiger partial charge in [-0.25, -0.2) is 0 Å². The van der Waals surface area contributed by atoms with E-state index in [0.717, 1.165) is 5.69 Å². The molecule has 0 bridgehead atoms. The van der Waals surface area contributed by atoms with E-state index in [0.29, 0.717) is 0 Å². The average molecular weight is 183 g/mol. The summed E-state index contributed by atoms with van der Waals surface area (Å²) in [5, 5.41) is 0. The van der Waals surface area contributed by atoms with Gasteiger partial charge in [0.1, 0.15) is 0 Å². The maximum atomic E-state index is 5.36. The zero-order valence-electron chi connectivity index (χ0n) is 7.91. The lowest BCUT2D eigenvalue weighted by molar-refractivity contribution is 0.812. The van der Waals surface area contributed by atoms with E-state index in [9.17, 15) is 0 Å². The van der Waals surface area contributed by atoms with Crippen molar-refractivity contribution in [1.29, 1.82) is 0 Å². The van der Waals surface area contributed by atoms with Gasteiger partial charge in [0.2, 0.25) is 0 Å². The van der Waals surface area contributed by atoms with Gasteiger partial charge in [-0.3, -0.25) is 0 Å². The summed E-state index contributed by atoms with van der Waals surface area (Å²) in [6, 6.07) is 9.49.